The zero-order valence-corrected chi connectivity index (χ0v) is 9.29. The normalized spacial score (nSPS) is 11.7. The van der Waals surface area contributed by atoms with Crippen molar-refractivity contribution >= 4 is 21.9 Å². The highest BCUT2D eigenvalue weighted by molar-refractivity contribution is 9.10. The molecule has 0 spiro atoms. The van der Waals surface area contributed by atoms with E-state index in [0.29, 0.717) is 4.47 Å². The third kappa shape index (κ3) is 2.09. The summed E-state index contributed by atoms with van der Waals surface area (Å²) in [5.41, 5.74) is -0.147. The van der Waals surface area contributed by atoms with Crippen LogP contribution in [-0.2, 0) is 5.54 Å². The second kappa shape index (κ2) is 3.14. The average molecular weight is 247 g/mol. The Balaban J connectivity index is 3.17. The minimum atomic E-state index is -1.02. The summed E-state index contributed by atoms with van der Waals surface area (Å²) in [6, 6.07) is 0. The minimum Gasteiger partial charge on any atom is -0.476 e. The van der Waals surface area contributed by atoms with Crippen molar-refractivity contribution in [2.24, 2.45) is 0 Å². The van der Waals surface area contributed by atoms with E-state index in [4.69, 9.17) is 5.11 Å². The summed E-state index contributed by atoms with van der Waals surface area (Å²) in [6.45, 7) is 5.87. The Morgan fingerprint density at radius 3 is 2.38 bits per heavy atom. The van der Waals surface area contributed by atoms with Gasteiger partial charge in [-0.2, -0.15) is 5.10 Å². The summed E-state index contributed by atoms with van der Waals surface area (Å²) in [4.78, 5) is 10.7. The van der Waals surface area contributed by atoms with Crippen molar-refractivity contribution in [1.82, 2.24) is 9.78 Å². The molecule has 4 nitrogen and oxygen atoms in total. The predicted molar refractivity (Wildman–Crippen MR) is 51.9 cm³/mol. The number of rotatable bonds is 1. The number of nitrogens with zero attached hydrogens (tertiary/aromatic N) is 2. The molecule has 1 heterocycles. The van der Waals surface area contributed by atoms with Crippen molar-refractivity contribution in [3.05, 3.63) is 16.4 Å². The summed E-state index contributed by atoms with van der Waals surface area (Å²) in [5.74, 6) is -1.02. The fourth-order valence-electron chi connectivity index (χ4n) is 0.841. The van der Waals surface area contributed by atoms with Gasteiger partial charge < -0.3 is 5.11 Å². The van der Waals surface area contributed by atoms with E-state index < -0.39 is 5.97 Å². The summed E-state index contributed by atoms with van der Waals surface area (Å²) >= 11 is 3.15. The Kier molecular flexibility index (Phi) is 2.47. The van der Waals surface area contributed by atoms with Gasteiger partial charge in [0, 0.05) is 6.20 Å². The molecule has 0 aliphatic carbocycles. The number of halogens is 1. The van der Waals surface area contributed by atoms with E-state index in [0.717, 1.165) is 0 Å². The van der Waals surface area contributed by atoms with E-state index in [1.807, 2.05) is 20.8 Å². The molecule has 0 aliphatic rings. The van der Waals surface area contributed by atoms with Gasteiger partial charge in [0.25, 0.3) is 0 Å². The Hall–Kier alpha value is -0.840. The van der Waals surface area contributed by atoms with Crippen LogP contribution in [0.25, 0.3) is 0 Å². The van der Waals surface area contributed by atoms with Crippen LogP contribution in [0.2, 0.25) is 0 Å². The van der Waals surface area contributed by atoms with Crippen molar-refractivity contribution in [2.75, 3.05) is 0 Å². The van der Waals surface area contributed by atoms with Crippen LogP contribution in [0.15, 0.2) is 10.7 Å². The van der Waals surface area contributed by atoms with Crippen LogP contribution < -0.4 is 0 Å². The first-order valence-electron chi connectivity index (χ1n) is 3.81. The predicted octanol–water partition coefficient (Wildman–Crippen LogP) is 2.10. The molecule has 0 saturated heterocycles. The fraction of sp³-hybridized carbons (Fsp3) is 0.500. The lowest BCUT2D eigenvalue weighted by atomic mass is 10.1. The van der Waals surface area contributed by atoms with Gasteiger partial charge in [-0.05, 0) is 36.7 Å². The van der Waals surface area contributed by atoms with Gasteiger partial charge in [0.1, 0.15) is 0 Å². The standard InChI is InChI=1S/C8H11BrN2O2/c1-8(2,3)11-4-5(9)6(10-11)7(12)13/h4H,1-3H3,(H,12,13). The second-order valence-electron chi connectivity index (χ2n) is 3.75. The lowest BCUT2D eigenvalue weighted by Gasteiger charge is -2.18. The molecule has 13 heavy (non-hydrogen) atoms. The summed E-state index contributed by atoms with van der Waals surface area (Å²) < 4.78 is 2.13. The first-order chi connectivity index (χ1) is 5.82. The first-order valence-corrected chi connectivity index (χ1v) is 4.60. The van der Waals surface area contributed by atoms with Crippen LogP contribution in [-0.4, -0.2) is 20.9 Å². The van der Waals surface area contributed by atoms with E-state index in [2.05, 4.69) is 21.0 Å². The molecule has 5 heteroatoms. The first kappa shape index (κ1) is 10.2. The van der Waals surface area contributed by atoms with Crippen LogP contribution in [0, 0.1) is 0 Å². The number of carbonyl (C=O) groups is 1. The molecule has 0 unspecified atom stereocenters. The maximum absolute atomic E-state index is 10.7. The monoisotopic (exact) mass is 246 g/mol. The van der Waals surface area contributed by atoms with Crippen molar-refractivity contribution in [2.45, 2.75) is 26.3 Å². The summed E-state index contributed by atoms with van der Waals surface area (Å²) in [5, 5.41) is 12.7. The number of hydrogen-bond acceptors (Lipinski definition) is 2. The zero-order chi connectivity index (χ0) is 10.2. The topological polar surface area (TPSA) is 55.1 Å². The Bertz CT molecular complexity index is 338. The molecule has 1 aromatic rings. The van der Waals surface area contributed by atoms with E-state index in [1.54, 1.807) is 10.9 Å². The van der Waals surface area contributed by atoms with Crippen LogP contribution in [0.3, 0.4) is 0 Å². The lowest BCUT2D eigenvalue weighted by Crippen LogP contribution is -2.22. The molecule has 72 valence electrons. The molecule has 0 aliphatic heterocycles. The van der Waals surface area contributed by atoms with Crippen molar-refractivity contribution < 1.29 is 9.90 Å². The van der Waals surface area contributed by atoms with Crippen molar-refractivity contribution in [3.8, 4) is 0 Å². The zero-order valence-electron chi connectivity index (χ0n) is 7.71. The molecule has 0 amide bonds. The molecular weight excluding hydrogens is 236 g/mol. The Labute approximate surface area is 84.7 Å². The lowest BCUT2D eigenvalue weighted by molar-refractivity contribution is 0.0687. The third-order valence-electron chi connectivity index (χ3n) is 1.56. The highest BCUT2D eigenvalue weighted by Gasteiger charge is 2.20. The highest BCUT2D eigenvalue weighted by atomic mass is 79.9. The second-order valence-corrected chi connectivity index (χ2v) is 4.60. The quantitative estimate of drug-likeness (QED) is 0.826. The summed E-state index contributed by atoms with van der Waals surface area (Å²) in [7, 11) is 0. The maximum Gasteiger partial charge on any atom is 0.357 e. The van der Waals surface area contributed by atoms with Gasteiger partial charge >= 0.3 is 5.97 Å². The highest BCUT2D eigenvalue weighted by Crippen LogP contribution is 2.20. The number of aromatic nitrogens is 2. The largest absolute Gasteiger partial charge is 0.476 e. The Morgan fingerprint density at radius 1 is 1.62 bits per heavy atom. The third-order valence-corrected chi connectivity index (χ3v) is 2.14. The number of carboxylic acids is 1. The van der Waals surface area contributed by atoms with Crippen LogP contribution in [0.4, 0.5) is 0 Å². The van der Waals surface area contributed by atoms with Crippen LogP contribution >= 0.6 is 15.9 Å². The molecule has 1 rings (SSSR count). The van der Waals surface area contributed by atoms with E-state index in [-0.39, 0.29) is 11.2 Å². The summed E-state index contributed by atoms with van der Waals surface area (Å²) in [6.07, 6.45) is 1.67. The van der Waals surface area contributed by atoms with Gasteiger partial charge in [-0.25, -0.2) is 4.79 Å². The van der Waals surface area contributed by atoms with Gasteiger partial charge in [-0.3, -0.25) is 4.68 Å². The van der Waals surface area contributed by atoms with E-state index in [1.165, 1.54) is 0 Å². The number of carboxylic acid groups (broad SMARTS) is 1. The molecular formula is C8H11BrN2O2. The molecule has 0 atom stereocenters. The smallest absolute Gasteiger partial charge is 0.357 e. The molecule has 1 N–H and O–H groups in total. The van der Waals surface area contributed by atoms with E-state index in [9.17, 15) is 4.79 Å². The van der Waals surface area contributed by atoms with Gasteiger partial charge in [0.2, 0.25) is 0 Å². The van der Waals surface area contributed by atoms with Gasteiger partial charge in [0.05, 0.1) is 10.0 Å². The molecule has 0 radical (unpaired) electrons. The molecule has 0 bridgehead atoms. The molecule has 0 fully saturated rings. The molecule has 1 aromatic heterocycles. The number of hydrogen-bond donors (Lipinski definition) is 1. The van der Waals surface area contributed by atoms with Gasteiger partial charge in [0.15, 0.2) is 5.69 Å². The van der Waals surface area contributed by atoms with Gasteiger partial charge in [-0.1, -0.05) is 0 Å². The fourth-order valence-corrected chi connectivity index (χ4v) is 1.28. The average Bonchev–Trinajstić information content (AvgIpc) is 2.29. The van der Waals surface area contributed by atoms with Crippen molar-refractivity contribution in [3.63, 3.8) is 0 Å². The van der Waals surface area contributed by atoms with Crippen LogP contribution in [0.1, 0.15) is 31.3 Å². The minimum absolute atomic E-state index is 0.0509. The Morgan fingerprint density at radius 2 is 2.15 bits per heavy atom. The van der Waals surface area contributed by atoms with Crippen molar-refractivity contribution in [1.29, 1.82) is 0 Å². The SMILES string of the molecule is CC(C)(C)n1cc(Br)c(C(=O)O)n1. The van der Waals surface area contributed by atoms with Crippen LogP contribution in [0.5, 0.6) is 0 Å². The van der Waals surface area contributed by atoms with E-state index >= 15 is 0 Å². The number of aromatic carboxylic acids is 1. The maximum atomic E-state index is 10.7. The molecule has 0 aromatic carbocycles. The van der Waals surface area contributed by atoms with Gasteiger partial charge in [-0.15, -0.1) is 0 Å². The molecule has 0 saturated carbocycles.